The summed E-state index contributed by atoms with van der Waals surface area (Å²) in [5.74, 6) is 0. The van der Waals surface area contributed by atoms with Gasteiger partial charge in [0.15, 0.2) is 0 Å². The number of hydrogen-bond donors (Lipinski definition) is 0. The van der Waals surface area contributed by atoms with Crippen LogP contribution in [0.1, 0.15) is 30.3 Å². The fourth-order valence-corrected chi connectivity index (χ4v) is 3.00. The summed E-state index contributed by atoms with van der Waals surface area (Å²) >= 11 is 1.67. The molecule has 1 aliphatic heterocycles. The highest BCUT2D eigenvalue weighted by Gasteiger charge is 2.26. The lowest BCUT2D eigenvalue weighted by Gasteiger charge is -2.22. The molecule has 1 atom stereocenters. The van der Waals surface area contributed by atoms with E-state index in [0.29, 0.717) is 6.04 Å². The second-order valence-electron chi connectivity index (χ2n) is 4.36. The predicted octanol–water partition coefficient (Wildman–Crippen LogP) is 2.88. The molecule has 0 amide bonds. The Labute approximate surface area is 105 Å². The van der Waals surface area contributed by atoms with Gasteiger partial charge >= 0.3 is 0 Å². The summed E-state index contributed by atoms with van der Waals surface area (Å²) in [6, 6.07) is 6.65. The lowest BCUT2D eigenvalue weighted by Crippen LogP contribution is -2.23. The highest BCUT2D eigenvalue weighted by Crippen LogP contribution is 2.31. The van der Waals surface area contributed by atoms with Crippen molar-refractivity contribution in [2.45, 2.75) is 25.4 Å². The molecule has 0 radical (unpaired) electrons. The Morgan fingerprint density at radius 3 is 3.12 bits per heavy atom. The van der Waals surface area contributed by atoms with Crippen LogP contribution in [0.3, 0.4) is 0 Å². The average molecular weight is 245 g/mol. The Kier molecular flexibility index (Phi) is 3.16. The quantitative estimate of drug-likeness (QED) is 0.832. The van der Waals surface area contributed by atoms with Gasteiger partial charge in [-0.15, -0.1) is 11.3 Å². The van der Waals surface area contributed by atoms with E-state index in [1.165, 1.54) is 24.2 Å². The van der Waals surface area contributed by atoms with Crippen LogP contribution in [0, 0.1) is 0 Å². The maximum atomic E-state index is 4.48. The molecule has 3 nitrogen and oxygen atoms in total. The molecule has 1 saturated heterocycles. The molecule has 3 heterocycles. The second-order valence-corrected chi connectivity index (χ2v) is 5.08. The Balaban J connectivity index is 1.76. The van der Waals surface area contributed by atoms with Gasteiger partial charge in [-0.2, -0.15) is 0 Å². The molecule has 2 aromatic rings. The van der Waals surface area contributed by atoms with Crippen molar-refractivity contribution in [1.29, 1.82) is 0 Å². The summed E-state index contributed by atoms with van der Waals surface area (Å²) in [4.78, 5) is 11.3. The van der Waals surface area contributed by atoms with Crippen LogP contribution >= 0.6 is 11.3 Å². The van der Waals surface area contributed by atoms with Crippen molar-refractivity contribution in [2.24, 2.45) is 0 Å². The molecule has 0 bridgehead atoms. The third-order valence-electron chi connectivity index (χ3n) is 3.24. The van der Waals surface area contributed by atoms with Crippen molar-refractivity contribution < 1.29 is 0 Å². The molecule has 4 heteroatoms. The molecule has 0 spiro atoms. The molecule has 1 aliphatic rings. The van der Waals surface area contributed by atoms with Crippen LogP contribution in [0.25, 0.3) is 0 Å². The number of likely N-dealkylation sites (tertiary alicyclic amines) is 1. The van der Waals surface area contributed by atoms with Crippen molar-refractivity contribution in [1.82, 2.24) is 14.9 Å². The number of hydrogen-bond acceptors (Lipinski definition) is 4. The van der Waals surface area contributed by atoms with Crippen molar-refractivity contribution in [2.75, 3.05) is 6.54 Å². The van der Waals surface area contributed by atoms with Gasteiger partial charge in [-0.1, -0.05) is 6.07 Å². The first-order chi connectivity index (χ1) is 8.43. The van der Waals surface area contributed by atoms with Gasteiger partial charge in [0.25, 0.3) is 0 Å². The van der Waals surface area contributed by atoms with E-state index in [4.69, 9.17) is 0 Å². The van der Waals surface area contributed by atoms with Gasteiger partial charge in [-0.3, -0.25) is 9.88 Å². The number of thiazole rings is 1. The lowest BCUT2D eigenvalue weighted by atomic mass is 10.1. The van der Waals surface area contributed by atoms with Gasteiger partial charge in [-0.05, 0) is 31.5 Å². The first-order valence-corrected chi connectivity index (χ1v) is 6.90. The van der Waals surface area contributed by atoms with Crippen LogP contribution in [0.2, 0.25) is 0 Å². The third kappa shape index (κ3) is 2.37. The normalized spacial score (nSPS) is 20.8. The third-order valence-corrected chi connectivity index (χ3v) is 3.88. The maximum absolute atomic E-state index is 4.48. The topological polar surface area (TPSA) is 29.0 Å². The van der Waals surface area contributed by atoms with Crippen LogP contribution in [-0.2, 0) is 6.54 Å². The molecule has 17 heavy (non-hydrogen) atoms. The fourth-order valence-electron chi connectivity index (χ4n) is 2.45. The van der Waals surface area contributed by atoms with Crippen LogP contribution < -0.4 is 0 Å². The largest absolute Gasteiger partial charge is 0.289 e. The minimum absolute atomic E-state index is 0.470. The minimum Gasteiger partial charge on any atom is -0.289 e. The number of aromatic nitrogens is 2. The van der Waals surface area contributed by atoms with E-state index in [1.807, 2.05) is 17.8 Å². The zero-order chi connectivity index (χ0) is 11.5. The van der Waals surface area contributed by atoms with Gasteiger partial charge < -0.3 is 0 Å². The van der Waals surface area contributed by atoms with Crippen molar-refractivity contribution in [3.8, 4) is 0 Å². The van der Waals surface area contributed by atoms with Crippen LogP contribution in [0.4, 0.5) is 0 Å². The second kappa shape index (κ2) is 4.94. The molecule has 2 aromatic heterocycles. The SMILES string of the molecule is c1ccc(C2CCCN2Cc2cscn2)nc1. The fraction of sp³-hybridized carbons (Fsp3) is 0.385. The first-order valence-electron chi connectivity index (χ1n) is 5.95. The molecule has 0 N–H and O–H groups in total. The van der Waals surface area contributed by atoms with Gasteiger partial charge in [0.2, 0.25) is 0 Å². The highest BCUT2D eigenvalue weighted by atomic mass is 32.1. The molecular weight excluding hydrogens is 230 g/mol. The molecule has 1 unspecified atom stereocenters. The Morgan fingerprint density at radius 2 is 2.35 bits per heavy atom. The highest BCUT2D eigenvalue weighted by molar-refractivity contribution is 7.07. The van der Waals surface area contributed by atoms with Crippen LogP contribution in [-0.4, -0.2) is 21.4 Å². The van der Waals surface area contributed by atoms with Gasteiger partial charge in [0.1, 0.15) is 0 Å². The van der Waals surface area contributed by atoms with Crippen molar-refractivity contribution in [3.05, 3.63) is 46.7 Å². The Bertz CT molecular complexity index is 455. The van der Waals surface area contributed by atoms with Gasteiger partial charge in [-0.25, -0.2) is 4.98 Å². The Morgan fingerprint density at radius 1 is 1.35 bits per heavy atom. The summed E-state index contributed by atoms with van der Waals surface area (Å²) in [6.07, 6.45) is 4.35. The molecular formula is C13H15N3S. The van der Waals surface area contributed by atoms with Crippen molar-refractivity contribution >= 4 is 11.3 Å². The molecule has 88 valence electrons. The molecule has 0 saturated carbocycles. The first kappa shape index (κ1) is 10.9. The van der Waals surface area contributed by atoms with E-state index in [0.717, 1.165) is 13.1 Å². The maximum Gasteiger partial charge on any atom is 0.0795 e. The summed E-state index contributed by atoms with van der Waals surface area (Å²) in [5, 5.41) is 2.13. The van der Waals surface area contributed by atoms with Gasteiger partial charge in [0, 0.05) is 18.1 Å². The molecule has 3 rings (SSSR count). The van der Waals surface area contributed by atoms with E-state index >= 15 is 0 Å². The monoisotopic (exact) mass is 245 g/mol. The lowest BCUT2D eigenvalue weighted by molar-refractivity contribution is 0.242. The molecule has 0 aliphatic carbocycles. The van der Waals surface area contributed by atoms with E-state index in [1.54, 1.807) is 11.3 Å². The van der Waals surface area contributed by atoms with E-state index in [2.05, 4.69) is 32.4 Å². The van der Waals surface area contributed by atoms with E-state index in [9.17, 15) is 0 Å². The van der Waals surface area contributed by atoms with E-state index in [-0.39, 0.29) is 0 Å². The Hall–Kier alpha value is -1.26. The molecule has 1 fully saturated rings. The molecule has 0 aromatic carbocycles. The minimum atomic E-state index is 0.470. The predicted molar refractivity (Wildman–Crippen MR) is 68.7 cm³/mol. The number of rotatable bonds is 3. The standard InChI is InChI=1S/C13H15N3S/c1-2-6-14-12(4-1)13-5-3-7-16(13)8-11-9-17-10-15-11/h1-2,4,6,9-10,13H,3,5,7-8H2. The summed E-state index contributed by atoms with van der Waals surface area (Å²) < 4.78 is 0. The number of nitrogens with zero attached hydrogens (tertiary/aromatic N) is 3. The average Bonchev–Trinajstić information content (AvgIpc) is 3.02. The van der Waals surface area contributed by atoms with Crippen molar-refractivity contribution in [3.63, 3.8) is 0 Å². The number of pyridine rings is 1. The smallest absolute Gasteiger partial charge is 0.0795 e. The van der Waals surface area contributed by atoms with E-state index < -0.39 is 0 Å². The zero-order valence-electron chi connectivity index (χ0n) is 9.62. The van der Waals surface area contributed by atoms with Crippen LogP contribution in [0.5, 0.6) is 0 Å². The summed E-state index contributed by atoms with van der Waals surface area (Å²) in [6.45, 7) is 2.10. The van der Waals surface area contributed by atoms with Gasteiger partial charge in [0.05, 0.1) is 22.9 Å². The zero-order valence-corrected chi connectivity index (χ0v) is 10.4. The van der Waals surface area contributed by atoms with Crippen LogP contribution in [0.15, 0.2) is 35.3 Å². The summed E-state index contributed by atoms with van der Waals surface area (Å²) in [5.41, 5.74) is 4.28. The summed E-state index contributed by atoms with van der Waals surface area (Å²) in [7, 11) is 0.